The number of nitrogens with one attached hydrogen (secondary N) is 1. The van der Waals surface area contributed by atoms with E-state index in [1.807, 2.05) is 4.90 Å². The topological polar surface area (TPSA) is 49.0 Å². The van der Waals surface area contributed by atoms with Crippen molar-refractivity contribution in [2.75, 3.05) is 11.4 Å². The van der Waals surface area contributed by atoms with Crippen LogP contribution in [0.15, 0.2) is 42.5 Å². The van der Waals surface area contributed by atoms with Crippen molar-refractivity contribution in [2.24, 2.45) is 0 Å². The predicted molar refractivity (Wildman–Crippen MR) is 131 cm³/mol. The molecule has 1 saturated carbocycles. The van der Waals surface area contributed by atoms with Gasteiger partial charge in [-0.25, -0.2) is 4.98 Å². The molecule has 1 N–H and O–H groups in total. The second kappa shape index (κ2) is 8.38. The lowest BCUT2D eigenvalue weighted by molar-refractivity contribution is -0.122. The van der Waals surface area contributed by atoms with Crippen LogP contribution in [0.1, 0.15) is 94.5 Å². The monoisotopic (exact) mass is 429 g/mol. The molecule has 32 heavy (non-hydrogen) atoms. The fraction of sp³-hybridized carbons (Fsp3) is 0.500. The molecule has 1 amide bonds. The smallest absolute Gasteiger partial charge is 0.237 e. The fourth-order valence-corrected chi connectivity index (χ4v) is 5.71. The van der Waals surface area contributed by atoms with Crippen LogP contribution in [-0.4, -0.2) is 22.4 Å². The lowest BCUT2D eigenvalue weighted by atomic mass is 9.78. The number of H-pyrrole nitrogens is 1. The van der Waals surface area contributed by atoms with Gasteiger partial charge in [0.1, 0.15) is 5.82 Å². The number of amides is 1. The van der Waals surface area contributed by atoms with Crippen LogP contribution in [0, 0.1) is 0 Å². The Balaban J connectivity index is 1.38. The first-order chi connectivity index (χ1) is 15.5. The standard InChI is InChI=1S/C28H35N3O/c1-4-5-9-16-31-25-18-24-23(17-22(25)28(2,3)27(31)32)29-26(30-24)21-14-12-20(13-15-21)19-10-7-6-8-11-19/h6-8,10-11,17-18,20-21H,4-5,9,12-16H2,1-3H3,(H,29,30)/t20-,21-. The van der Waals surface area contributed by atoms with Gasteiger partial charge in [0.05, 0.1) is 22.1 Å². The number of carbonyl (C=O) groups is 1. The zero-order valence-electron chi connectivity index (χ0n) is 19.7. The van der Waals surface area contributed by atoms with Crippen LogP contribution in [0.2, 0.25) is 0 Å². The van der Waals surface area contributed by atoms with Crippen LogP contribution < -0.4 is 4.90 Å². The summed E-state index contributed by atoms with van der Waals surface area (Å²) in [6, 6.07) is 15.3. The maximum absolute atomic E-state index is 13.1. The van der Waals surface area contributed by atoms with E-state index in [1.54, 1.807) is 0 Å². The normalized spacial score (nSPS) is 22.5. The Hall–Kier alpha value is -2.62. The number of fused-ring (bicyclic) bond motifs is 2. The van der Waals surface area contributed by atoms with E-state index in [1.165, 1.54) is 31.2 Å². The minimum atomic E-state index is -0.477. The van der Waals surface area contributed by atoms with E-state index in [0.29, 0.717) is 11.8 Å². The third kappa shape index (κ3) is 3.64. The van der Waals surface area contributed by atoms with Gasteiger partial charge in [0.2, 0.25) is 5.91 Å². The molecule has 168 valence electrons. The molecule has 1 aromatic heterocycles. The molecule has 1 aliphatic carbocycles. The van der Waals surface area contributed by atoms with E-state index in [9.17, 15) is 4.79 Å². The molecule has 2 aromatic carbocycles. The van der Waals surface area contributed by atoms with E-state index in [4.69, 9.17) is 4.98 Å². The first-order valence-corrected chi connectivity index (χ1v) is 12.4. The third-order valence-electron chi connectivity index (χ3n) is 7.73. The van der Waals surface area contributed by atoms with Crippen LogP contribution in [-0.2, 0) is 10.2 Å². The lowest BCUT2D eigenvalue weighted by Gasteiger charge is -2.27. The molecule has 3 aromatic rings. The van der Waals surface area contributed by atoms with Crippen molar-refractivity contribution in [3.05, 3.63) is 59.4 Å². The Morgan fingerprint density at radius 1 is 1.03 bits per heavy atom. The Labute approximate surface area is 191 Å². The van der Waals surface area contributed by atoms with Gasteiger partial charge in [-0.3, -0.25) is 4.79 Å². The average molecular weight is 430 g/mol. The zero-order chi connectivity index (χ0) is 22.3. The first-order valence-electron chi connectivity index (χ1n) is 12.4. The molecule has 1 fully saturated rings. The number of imidazole rings is 1. The molecule has 0 bridgehead atoms. The number of hydrogen-bond donors (Lipinski definition) is 1. The highest BCUT2D eigenvalue weighted by Crippen LogP contribution is 2.44. The molecule has 0 spiro atoms. The molecule has 4 heteroatoms. The Bertz CT molecular complexity index is 1110. The van der Waals surface area contributed by atoms with Gasteiger partial charge in [0.15, 0.2) is 0 Å². The molecule has 2 heterocycles. The molecule has 0 saturated heterocycles. The summed E-state index contributed by atoms with van der Waals surface area (Å²) in [6.07, 6.45) is 8.14. The van der Waals surface area contributed by atoms with Gasteiger partial charge in [-0.1, -0.05) is 50.1 Å². The number of benzene rings is 2. The molecule has 1 aliphatic heterocycles. The number of rotatable bonds is 6. The number of anilines is 1. The van der Waals surface area contributed by atoms with Crippen LogP contribution in [0.25, 0.3) is 11.0 Å². The molecule has 2 aliphatic rings. The van der Waals surface area contributed by atoms with Crippen LogP contribution in [0.4, 0.5) is 5.69 Å². The van der Waals surface area contributed by atoms with Crippen molar-refractivity contribution in [2.45, 2.75) is 83.0 Å². The zero-order valence-corrected chi connectivity index (χ0v) is 19.7. The molecular weight excluding hydrogens is 394 g/mol. The van der Waals surface area contributed by atoms with Crippen molar-refractivity contribution in [3.63, 3.8) is 0 Å². The minimum Gasteiger partial charge on any atom is -0.342 e. The number of aromatic amines is 1. The molecular formula is C28H35N3O. The number of unbranched alkanes of at least 4 members (excludes halogenated alkanes) is 2. The van der Waals surface area contributed by atoms with Crippen LogP contribution in [0.5, 0.6) is 0 Å². The number of carbonyl (C=O) groups excluding carboxylic acids is 1. The average Bonchev–Trinajstić information content (AvgIpc) is 3.31. The van der Waals surface area contributed by atoms with Gasteiger partial charge in [-0.15, -0.1) is 0 Å². The number of nitrogens with zero attached hydrogens (tertiary/aromatic N) is 2. The van der Waals surface area contributed by atoms with Crippen LogP contribution >= 0.6 is 0 Å². The summed E-state index contributed by atoms with van der Waals surface area (Å²) in [4.78, 5) is 23.8. The summed E-state index contributed by atoms with van der Waals surface area (Å²) in [7, 11) is 0. The van der Waals surface area contributed by atoms with Gasteiger partial charge >= 0.3 is 0 Å². The summed E-state index contributed by atoms with van der Waals surface area (Å²) in [5, 5.41) is 0. The highest BCUT2D eigenvalue weighted by atomic mass is 16.2. The van der Waals surface area contributed by atoms with Crippen LogP contribution in [0.3, 0.4) is 0 Å². The fourth-order valence-electron chi connectivity index (χ4n) is 5.71. The SMILES string of the molecule is CCCCCN1C(=O)C(C)(C)c2cc3[nH]c([C@H]4CC[C@H](c5ccccc5)CC4)nc3cc21. The lowest BCUT2D eigenvalue weighted by Crippen LogP contribution is -2.36. The second-order valence-corrected chi connectivity index (χ2v) is 10.3. The predicted octanol–water partition coefficient (Wildman–Crippen LogP) is 6.82. The van der Waals surface area contributed by atoms with E-state index in [0.717, 1.165) is 53.9 Å². The largest absolute Gasteiger partial charge is 0.342 e. The maximum atomic E-state index is 13.1. The van der Waals surface area contributed by atoms with Gasteiger partial charge in [-0.2, -0.15) is 0 Å². The van der Waals surface area contributed by atoms with Crippen molar-refractivity contribution in [3.8, 4) is 0 Å². The number of aromatic nitrogens is 2. The molecule has 0 atom stereocenters. The van der Waals surface area contributed by atoms with Gasteiger partial charge in [-0.05, 0) is 75.1 Å². The Kier molecular flexibility index (Phi) is 5.56. The first kappa shape index (κ1) is 21.2. The Morgan fingerprint density at radius 3 is 2.47 bits per heavy atom. The van der Waals surface area contributed by atoms with E-state index in [-0.39, 0.29) is 5.91 Å². The second-order valence-electron chi connectivity index (χ2n) is 10.3. The van der Waals surface area contributed by atoms with Crippen molar-refractivity contribution in [1.82, 2.24) is 9.97 Å². The highest BCUT2D eigenvalue weighted by molar-refractivity contribution is 6.09. The van der Waals surface area contributed by atoms with Crippen molar-refractivity contribution >= 4 is 22.6 Å². The van der Waals surface area contributed by atoms with Gasteiger partial charge in [0, 0.05) is 12.5 Å². The maximum Gasteiger partial charge on any atom is 0.237 e. The molecule has 0 radical (unpaired) electrons. The third-order valence-corrected chi connectivity index (χ3v) is 7.73. The van der Waals surface area contributed by atoms with Crippen molar-refractivity contribution in [1.29, 1.82) is 0 Å². The van der Waals surface area contributed by atoms with E-state index >= 15 is 0 Å². The molecule has 0 unspecified atom stereocenters. The van der Waals surface area contributed by atoms with E-state index < -0.39 is 5.41 Å². The van der Waals surface area contributed by atoms with E-state index in [2.05, 4.69) is 68.2 Å². The molecule has 4 nitrogen and oxygen atoms in total. The summed E-state index contributed by atoms with van der Waals surface area (Å²) < 4.78 is 0. The summed E-state index contributed by atoms with van der Waals surface area (Å²) >= 11 is 0. The summed E-state index contributed by atoms with van der Waals surface area (Å²) in [5.74, 6) is 2.50. The Morgan fingerprint density at radius 2 is 1.75 bits per heavy atom. The molecule has 5 rings (SSSR count). The number of hydrogen-bond acceptors (Lipinski definition) is 2. The minimum absolute atomic E-state index is 0.218. The van der Waals surface area contributed by atoms with Gasteiger partial charge < -0.3 is 9.88 Å². The highest BCUT2D eigenvalue weighted by Gasteiger charge is 2.44. The summed E-state index contributed by atoms with van der Waals surface area (Å²) in [5.41, 5.74) is 5.26. The van der Waals surface area contributed by atoms with Crippen molar-refractivity contribution < 1.29 is 4.79 Å². The summed E-state index contributed by atoms with van der Waals surface area (Å²) in [6.45, 7) is 7.12. The quantitative estimate of drug-likeness (QED) is 0.437. The van der Waals surface area contributed by atoms with Gasteiger partial charge in [0.25, 0.3) is 0 Å².